The Labute approximate surface area is 177 Å². The van der Waals surface area contributed by atoms with Crippen LogP contribution in [0, 0.1) is 12.3 Å². The van der Waals surface area contributed by atoms with E-state index in [1.165, 1.54) is 0 Å². The van der Waals surface area contributed by atoms with E-state index in [2.05, 4.69) is 34.3 Å². The number of hydrogen-bond acceptors (Lipinski definition) is 3. The Bertz CT molecular complexity index is 1100. The normalized spacial score (nSPS) is 15.2. The van der Waals surface area contributed by atoms with Gasteiger partial charge in [0.15, 0.2) is 0 Å². The fraction of sp³-hybridized carbons (Fsp3) is 0.360. The molecule has 0 unspecified atom stereocenters. The molecule has 1 saturated heterocycles. The molecular formula is C25H27N3O2. The van der Waals surface area contributed by atoms with Gasteiger partial charge in [0.25, 0.3) is 0 Å². The van der Waals surface area contributed by atoms with Crippen molar-refractivity contribution in [1.82, 2.24) is 15.1 Å². The van der Waals surface area contributed by atoms with Crippen LogP contribution in [0.3, 0.4) is 0 Å². The van der Waals surface area contributed by atoms with E-state index >= 15 is 0 Å². The molecule has 1 aliphatic rings. The number of piperidine rings is 1. The van der Waals surface area contributed by atoms with Crippen molar-refractivity contribution >= 4 is 17.0 Å². The number of rotatable bonds is 2. The second kappa shape index (κ2) is 7.87. The number of carbonyl (C=O) groups is 1. The van der Waals surface area contributed by atoms with Gasteiger partial charge in [-0.15, -0.1) is 6.42 Å². The maximum absolute atomic E-state index is 12.4. The first kappa shape index (κ1) is 20.0. The number of aromatic nitrogens is 2. The maximum Gasteiger partial charge on any atom is 0.410 e. The van der Waals surface area contributed by atoms with Crippen molar-refractivity contribution in [3.8, 4) is 23.5 Å². The molecule has 5 heteroatoms. The zero-order chi connectivity index (χ0) is 21.3. The molecule has 2 heterocycles. The standard InChI is InChI=1S/C25H27N3O2/c1-5-17-15-20(18-9-7-6-8-10-18)16-21-22(17)26-27-23(21)19-11-13-28(14-12-19)24(29)30-25(2,3)4/h1,6-10,15-16,19H,11-14H2,2-4H3,(H,26,27). The van der Waals surface area contributed by atoms with Crippen molar-refractivity contribution in [3.63, 3.8) is 0 Å². The van der Waals surface area contributed by atoms with Crippen molar-refractivity contribution in [2.75, 3.05) is 13.1 Å². The Balaban J connectivity index is 1.60. The maximum atomic E-state index is 12.4. The van der Waals surface area contributed by atoms with Crippen LogP contribution in [0.15, 0.2) is 42.5 Å². The minimum atomic E-state index is -0.479. The van der Waals surface area contributed by atoms with Crippen LogP contribution in [0.5, 0.6) is 0 Å². The second-order valence-electron chi connectivity index (χ2n) is 8.81. The third-order valence-corrected chi connectivity index (χ3v) is 5.51. The SMILES string of the molecule is C#Cc1cc(-c2ccccc2)cc2c(C3CCN(C(=O)OC(C)(C)C)CC3)[nH]nc12. The quantitative estimate of drug-likeness (QED) is 0.591. The molecule has 154 valence electrons. The van der Waals surface area contributed by atoms with Crippen molar-refractivity contribution < 1.29 is 9.53 Å². The van der Waals surface area contributed by atoms with Gasteiger partial charge in [0.1, 0.15) is 11.1 Å². The van der Waals surface area contributed by atoms with Crippen molar-refractivity contribution in [3.05, 3.63) is 53.7 Å². The van der Waals surface area contributed by atoms with Gasteiger partial charge in [0.2, 0.25) is 0 Å². The van der Waals surface area contributed by atoms with Crippen molar-refractivity contribution in [2.24, 2.45) is 0 Å². The van der Waals surface area contributed by atoms with Gasteiger partial charge in [0.05, 0.1) is 5.56 Å². The van der Waals surface area contributed by atoms with Gasteiger partial charge in [0, 0.05) is 30.1 Å². The van der Waals surface area contributed by atoms with Crippen LogP contribution < -0.4 is 0 Å². The Hall–Kier alpha value is -3.26. The molecule has 0 saturated carbocycles. The summed E-state index contributed by atoms with van der Waals surface area (Å²) < 4.78 is 5.51. The van der Waals surface area contributed by atoms with E-state index in [1.807, 2.05) is 45.0 Å². The predicted octanol–water partition coefficient (Wildman–Crippen LogP) is 5.33. The smallest absolute Gasteiger partial charge is 0.410 e. The molecule has 1 fully saturated rings. The molecule has 2 aromatic carbocycles. The van der Waals surface area contributed by atoms with Crippen LogP contribution in [-0.4, -0.2) is 39.9 Å². The van der Waals surface area contributed by atoms with E-state index in [0.717, 1.165) is 46.1 Å². The average Bonchev–Trinajstić information content (AvgIpc) is 3.16. The summed E-state index contributed by atoms with van der Waals surface area (Å²) in [4.78, 5) is 14.2. The number of hydrogen-bond donors (Lipinski definition) is 1. The lowest BCUT2D eigenvalue weighted by molar-refractivity contribution is 0.0204. The molecule has 30 heavy (non-hydrogen) atoms. The van der Waals surface area contributed by atoms with E-state index in [-0.39, 0.29) is 6.09 Å². The van der Waals surface area contributed by atoms with Gasteiger partial charge < -0.3 is 9.64 Å². The molecule has 1 N–H and O–H groups in total. The lowest BCUT2D eigenvalue weighted by Crippen LogP contribution is -2.41. The number of terminal acetylenes is 1. The lowest BCUT2D eigenvalue weighted by Gasteiger charge is -2.33. The van der Waals surface area contributed by atoms with Crippen molar-refractivity contribution in [2.45, 2.75) is 45.1 Å². The summed E-state index contributed by atoms with van der Waals surface area (Å²) in [5.74, 6) is 3.08. The van der Waals surface area contributed by atoms with Crippen LogP contribution in [0.25, 0.3) is 22.0 Å². The number of carbonyl (C=O) groups excluding carboxylic acids is 1. The Morgan fingerprint density at radius 1 is 1.17 bits per heavy atom. The highest BCUT2D eigenvalue weighted by atomic mass is 16.6. The third-order valence-electron chi connectivity index (χ3n) is 5.51. The summed E-state index contributed by atoms with van der Waals surface area (Å²) in [5.41, 5.74) is 4.46. The molecule has 4 rings (SSSR count). The van der Waals surface area contributed by atoms with E-state index in [0.29, 0.717) is 19.0 Å². The topological polar surface area (TPSA) is 58.2 Å². The van der Waals surface area contributed by atoms with Gasteiger partial charge in [-0.25, -0.2) is 4.79 Å². The molecule has 0 bridgehead atoms. The number of benzene rings is 2. The Morgan fingerprint density at radius 3 is 2.50 bits per heavy atom. The first-order valence-electron chi connectivity index (χ1n) is 10.4. The molecule has 3 aromatic rings. The fourth-order valence-corrected chi connectivity index (χ4v) is 4.03. The molecule has 0 atom stereocenters. The molecule has 0 aliphatic carbocycles. The number of nitrogens with one attached hydrogen (secondary N) is 1. The monoisotopic (exact) mass is 401 g/mol. The number of amides is 1. The summed E-state index contributed by atoms with van der Waals surface area (Å²) in [5, 5.41) is 8.84. The number of likely N-dealkylation sites (tertiary alicyclic amines) is 1. The van der Waals surface area contributed by atoms with Gasteiger partial charge in [-0.1, -0.05) is 36.3 Å². The minimum Gasteiger partial charge on any atom is -0.444 e. The number of fused-ring (bicyclic) bond motifs is 1. The van der Waals surface area contributed by atoms with Crippen LogP contribution in [0.2, 0.25) is 0 Å². The predicted molar refractivity (Wildman–Crippen MR) is 119 cm³/mol. The van der Waals surface area contributed by atoms with Crippen LogP contribution in [0.1, 0.15) is 50.8 Å². The van der Waals surface area contributed by atoms with E-state index in [9.17, 15) is 4.79 Å². The summed E-state index contributed by atoms with van der Waals surface area (Å²) in [6.07, 6.45) is 7.27. The van der Waals surface area contributed by atoms with Gasteiger partial charge in [-0.3, -0.25) is 5.10 Å². The van der Waals surface area contributed by atoms with Crippen LogP contribution in [0.4, 0.5) is 4.79 Å². The Kier molecular flexibility index (Phi) is 5.26. The second-order valence-corrected chi connectivity index (χ2v) is 8.81. The summed E-state index contributed by atoms with van der Waals surface area (Å²) in [6, 6.07) is 14.4. The van der Waals surface area contributed by atoms with Gasteiger partial charge in [-0.2, -0.15) is 5.10 Å². The number of H-pyrrole nitrogens is 1. The van der Waals surface area contributed by atoms with Crippen LogP contribution >= 0.6 is 0 Å². The molecule has 1 aromatic heterocycles. The Morgan fingerprint density at radius 2 is 1.87 bits per heavy atom. The molecule has 1 amide bonds. The lowest BCUT2D eigenvalue weighted by atomic mass is 9.90. The van der Waals surface area contributed by atoms with E-state index in [1.54, 1.807) is 4.90 Å². The molecule has 1 aliphatic heterocycles. The van der Waals surface area contributed by atoms with Crippen LogP contribution in [-0.2, 0) is 4.74 Å². The number of ether oxygens (including phenoxy) is 1. The summed E-state index contributed by atoms with van der Waals surface area (Å²) in [7, 11) is 0. The molecule has 5 nitrogen and oxygen atoms in total. The minimum absolute atomic E-state index is 0.239. The van der Waals surface area contributed by atoms with Gasteiger partial charge >= 0.3 is 6.09 Å². The highest BCUT2D eigenvalue weighted by molar-refractivity contribution is 5.91. The summed E-state index contributed by atoms with van der Waals surface area (Å²) in [6.45, 7) is 7.01. The number of aromatic amines is 1. The molecule has 0 spiro atoms. The van der Waals surface area contributed by atoms with E-state index in [4.69, 9.17) is 11.2 Å². The van der Waals surface area contributed by atoms with E-state index < -0.39 is 5.60 Å². The zero-order valence-electron chi connectivity index (χ0n) is 17.7. The first-order valence-corrected chi connectivity index (χ1v) is 10.4. The highest BCUT2D eigenvalue weighted by Gasteiger charge is 2.29. The van der Waals surface area contributed by atoms with Gasteiger partial charge in [-0.05, 0) is 56.9 Å². The average molecular weight is 402 g/mol. The molecule has 0 radical (unpaired) electrons. The third kappa shape index (κ3) is 4.04. The first-order chi connectivity index (χ1) is 14.4. The zero-order valence-corrected chi connectivity index (χ0v) is 17.7. The van der Waals surface area contributed by atoms with Crippen molar-refractivity contribution in [1.29, 1.82) is 0 Å². The summed E-state index contributed by atoms with van der Waals surface area (Å²) >= 11 is 0. The number of nitrogens with zero attached hydrogens (tertiary/aromatic N) is 2. The highest BCUT2D eigenvalue weighted by Crippen LogP contribution is 2.35. The fourth-order valence-electron chi connectivity index (χ4n) is 4.03. The largest absolute Gasteiger partial charge is 0.444 e. The molecular weight excluding hydrogens is 374 g/mol.